The van der Waals surface area contributed by atoms with Crippen LogP contribution >= 0.6 is 0 Å². The van der Waals surface area contributed by atoms with E-state index < -0.39 is 10.0 Å². The number of hydrogen-bond donors (Lipinski definition) is 2. The summed E-state index contributed by atoms with van der Waals surface area (Å²) in [6.07, 6.45) is 0. The Labute approximate surface area is 149 Å². The summed E-state index contributed by atoms with van der Waals surface area (Å²) >= 11 is 0. The van der Waals surface area contributed by atoms with Gasteiger partial charge in [0.25, 0.3) is 5.91 Å². The van der Waals surface area contributed by atoms with E-state index in [1.54, 1.807) is 24.3 Å². The Balaban J connectivity index is 2.12. The number of rotatable bonds is 5. The minimum absolute atomic E-state index is 0.0356. The Bertz CT molecular complexity index is 868. The molecule has 2 N–H and O–H groups in total. The van der Waals surface area contributed by atoms with E-state index in [1.165, 1.54) is 13.1 Å². The van der Waals surface area contributed by atoms with Gasteiger partial charge in [0.15, 0.2) is 0 Å². The second kappa shape index (κ2) is 7.37. The lowest BCUT2D eigenvalue weighted by Crippen LogP contribution is -2.24. The van der Waals surface area contributed by atoms with Crippen LogP contribution in [0.1, 0.15) is 42.3 Å². The zero-order valence-electron chi connectivity index (χ0n) is 15.0. The van der Waals surface area contributed by atoms with Gasteiger partial charge in [0.2, 0.25) is 10.0 Å². The molecule has 0 unspecified atom stereocenters. The van der Waals surface area contributed by atoms with Crippen LogP contribution in [-0.4, -0.2) is 21.4 Å². The van der Waals surface area contributed by atoms with Crippen molar-refractivity contribution >= 4 is 15.9 Å². The van der Waals surface area contributed by atoms with Gasteiger partial charge in [0.1, 0.15) is 0 Å². The van der Waals surface area contributed by atoms with Crippen molar-refractivity contribution < 1.29 is 13.2 Å². The van der Waals surface area contributed by atoms with E-state index in [0.717, 1.165) is 11.1 Å². The summed E-state index contributed by atoms with van der Waals surface area (Å²) in [5, 5.41) is 2.84. The Morgan fingerprint density at radius 2 is 1.72 bits per heavy atom. The fourth-order valence-corrected chi connectivity index (χ4v) is 3.15. The Morgan fingerprint density at radius 3 is 2.36 bits per heavy atom. The predicted molar refractivity (Wildman–Crippen MR) is 99.0 cm³/mol. The number of carbonyl (C=O) groups is 1. The molecule has 0 aromatic heterocycles. The van der Waals surface area contributed by atoms with E-state index in [0.29, 0.717) is 5.56 Å². The molecule has 0 radical (unpaired) electrons. The highest BCUT2D eigenvalue weighted by Gasteiger charge is 2.16. The quantitative estimate of drug-likeness (QED) is 0.861. The molecule has 2 aromatic carbocycles. The van der Waals surface area contributed by atoms with Crippen molar-refractivity contribution in [2.24, 2.45) is 0 Å². The fourth-order valence-electron chi connectivity index (χ4n) is 2.35. The molecule has 0 aliphatic heterocycles. The summed E-state index contributed by atoms with van der Waals surface area (Å²) < 4.78 is 26.0. The first-order valence-electron chi connectivity index (χ1n) is 8.05. The van der Waals surface area contributed by atoms with Crippen LogP contribution < -0.4 is 10.0 Å². The average molecular weight is 360 g/mol. The summed E-state index contributed by atoms with van der Waals surface area (Å²) in [7, 11) is -2.13. The second-order valence-electron chi connectivity index (χ2n) is 6.87. The molecule has 2 rings (SSSR count). The molecule has 0 heterocycles. The molecule has 0 fully saturated rings. The van der Waals surface area contributed by atoms with Crippen LogP contribution in [-0.2, 0) is 22.0 Å². The third kappa shape index (κ3) is 4.90. The highest BCUT2D eigenvalue weighted by Crippen LogP contribution is 2.22. The highest BCUT2D eigenvalue weighted by molar-refractivity contribution is 7.89. The molecule has 0 aliphatic carbocycles. The maximum atomic E-state index is 12.4. The summed E-state index contributed by atoms with van der Waals surface area (Å²) in [6.45, 7) is 6.54. The fraction of sp³-hybridized carbons (Fsp3) is 0.316. The van der Waals surface area contributed by atoms with Crippen LogP contribution in [0.3, 0.4) is 0 Å². The zero-order valence-corrected chi connectivity index (χ0v) is 15.8. The normalized spacial score (nSPS) is 12.0. The van der Waals surface area contributed by atoms with Gasteiger partial charge in [-0.2, -0.15) is 0 Å². The molecule has 5 nitrogen and oxygen atoms in total. The first-order valence-corrected chi connectivity index (χ1v) is 9.53. The van der Waals surface area contributed by atoms with Crippen LogP contribution in [0.15, 0.2) is 53.4 Å². The van der Waals surface area contributed by atoms with Crippen molar-refractivity contribution in [3.63, 3.8) is 0 Å². The molecule has 0 bridgehead atoms. The topological polar surface area (TPSA) is 75.3 Å². The summed E-state index contributed by atoms with van der Waals surface area (Å²) in [5.41, 5.74) is 2.36. The van der Waals surface area contributed by atoms with Crippen LogP contribution in [0, 0.1) is 0 Å². The predicted octanol–water partition coefficient (Wildman–Crippen LogP) is 2.82. The third-order valence-corrected chi connectivity index (χ3v) is 5.33. The molecule has 0 atom stereocenters. The molecule has 6 heteroatoms. The SMILES string of the molecule is CNS(=O)(=O)c1cccc(CNC(=O)c2cccc(C(C)(C)C)c2)c1. The molecule has 2 aromatic rings. The largest absolute Gasteiger partial charge is 0.348 e. The van der Waals surface area contributed by atoms with Gasteiger partial charge >= 0.3 is 0 Å². The second-order valence-corrected chi connectivity index (χ2v) is 8.75. The van der Waals surface area contributed by atoms with Gasteiger partial charge in [-0.3, -0.25) is 4.79 Å². The number of hydrogen-bond acceptors (Lipinski definition) is 3. The van der Waals surface area contributed by atoms with Crippen LogP contribution in [0.25, 0.3) is 0 Å². The van der Waals surface area contributed by atoms with Gasteiger partial charge in [-0.25, -0.2) is 13.1 Å². The average Bonchev–Trinajstić information content (AvgIpc) is 2.59. The minimum atomic E-state index is -3.50. The smallest absolute Gasteiger partial charge is 0.251 e. The summed E-state index contributed by atoms with van der Waals surface area (Å²) in [5.74, 6) is -0.187. The van der Waals surface area contributed by atoms with E-state index in [4.69, 9.17) is 0 Å². The molecular weight excluding hydrogens is 336 g/mol. The molecular formula is C19H24N2O3S. The first-order chi connectivity index (χ1) is 11.6. The number of carbonyl (C=O) groups excluding carboxylic acids is 1. The summed E-state index contributed by atoms with van der Waals surface area (Å²) in [6, 6.07) is 14.0. The number of sulfonamides is 1. The lowest BCUT2D eigenvalue weighted by molar-refractivity contribution is 0.0950. The standard InChI is InChI=1S/C19H24N2O3S/c1-19(2,3)16-9-6-8-15(12-16)18(22)21-13-14-7-5-10-17(11-14)25(23,24)20-4/h5-12,20H,13H2,1-4H3,(H,21,22). The molecule has 0 saturated heterocycles. The molecule has 0 aliphatic rings. The summed E-state index contributed by atoms with van der Waals surface area (Å²) in [4.78, 5) is 12.6. The van der Waals surface area contributed by atoms with Crippen molar-refractivity contribution in [3.05, 3.63) is 65.2 Å². The molecule has 134 valence electrons. The van der Waals surface area contributed by atoms with Gasteiger partial charge in [-0.05, 0) is 47.9 Å². The lowest BCUT2D eigenvalue weighted by Gasteiger charge is -2.19. The van der Waals surface area contributed by atoms with Crippen LogP contribution in [0.2, 0.25) is 0 Å². The Morgan fingerprint density at radius 1 is 1.04 bits per heavy atom. The monoisotopic (exact) mass is 360 g/mol. The number of benzene rings is 2. The van der Waals surface area contributed by atoms with Crippen LogP contribution in [0.4, 0.5) is 0 Å². The van der Waals surface area contributed by atoms with Gasteiger partial charge < -0.3 is 5.32 Å². The minimum Gasteiger partial charge on any atom is -0.348 e. The van der Waals surface area contributed by atoms with Gasteiger partial charge in [-0.1, -0.05) is 45.0 Å². The highest BCUT2D eigenvalue weighted by atomic mass is 32.2. The lowest BCUT2D eigenvalue weighted by atomic mass is 9.86. The van der Waals surface area contributed by atoms with Crippen molar-refractivity contribution in [1.82, 2.24) is 10.0 Å². The number of nitrogens with one attached hydrogen (secondary N) is 2. The van der Waals surface area contributed by atoms with E-state index in [1.807, 2.05) is 18.2 Å². The van der Waals surface area contributed by atoms with Crippen molar-refractivity contribution in [2.45, 2.75) is 37.6 Å². The molecule has 25 heavy (non-hydrogen) atoms. The van der Waals surface area contributed by atoms with Gasteiger partial charge in [0.05, 0.1) is 4.90 Å². The van der Waals surface area contributed by atoms with Crippen molar-refractivity contribution in [3.8, 4) is 0 Å². The molecule has 1 amide bonds. The van der Waals surface area contributed by atoms with Crippen molar-refractivity contribution in [1.29, 1.82) is 0 Å². The third-order valence-electron chi connectivity index (χ3n) is 3.92. The molecule has 0 saturated carbocycles. The molecule has 0 spiro atoms. The van der Waals surface area contributed by atoms with E-state index in [-0.39, 0.29) is 22.8 Å². The zero-order chi connectivity index (χ0) is 18.7. The van der Waals surface area contributed by atoms with E-state index in [9.17, 15) is 13.2 Å². The van der Waals surface area contributed by atoms with E-state index >= 15 is 0 Å². The number of amides is 1. The van der Waals surface area contributed by atoms with Crippen molar-refractivity contribution in [2.75, 3.05) is 7.05 Å². The first kappa shape index (κ1) is 19.1. The Hall–Kier alpha value is -2.18. The maximum absolute atomic E-state index is 12.4. The van der Waals surface area contributed by atoms with E-state index in [2.05, 4.69) is 30.8 Å². The van der Waals surface area contributed by atoms with Crippen LogP contribution in [0.5, 0.6) is 0 Å². The maximum Gasteiger partial charge on any atom is 0.251 e. The Kier molecular flexibility index (Phi) is 5.65. The van der Waals surface area contributed by atoms with Gasteiger partial charge in [-0.15, -0.1) is 0 Å². The van der Waals surface area contributed by atoms with Gasteiger partial charge in [0, 0.05) is 12.1 Å².